The Balaban J connectivity index is 1.88. The lowest BCUT2D eigenvalue weighted by Crippen LogP contribution is -2.60. The van der Waals surface area contributed by atoms with Gasteiger partial charge in [-0.25, -0.2) is 0 Å². The average molecular weight is 502 g/mol. The van der Waals surface area contributed by atoms with Crippen LogP contribution in [0.2, 0.25) is 0 Å². The molecule has 4 rings (SSSR count). The quantitative estimate of drug-likeness (QED) is 0.312. The fraction of sp³-hybridized carbons (Fsp3) is 0.360. The maximum Gasteiger partial charge on any atom is 0.303 e. The molecule has 2 heterocycles. The molecule has 0 spiro atoms. The van der Waals surface area contributed by atoms with Gasteiger partial charge in [0.1, 0.15) is 40.4 Å². The summed E-state index contributed by atoms with van der Waals surface area (Å²) in [6.07, 6.45) is -5.96. The summed E-state index contributed by atoms with van der Waals surface area (Å²) >= 11 is 0. The Morgan fingerprint density at radius 3 is 2.36 bits per heavy atom. The van der Waals surface area contributed by atoms with Crippen molar-refractivity contribution in [3.63, 3.8) is 0 Å². The number of ether oxygens (including phenoxy) is 3. The summed E-state index contributed by atoms with van der Waals surface area (Å²) in [5.41, 5.74) is -0.696. The van der Waals surface area contributed by atoms with Crippen molar-refractivity contribution >= 4 is 16.9 Å². The van der Waals surface area contributed by atoms with E-state index < -0.39 is 53.6 Å². The van der Waals surface area contributed by atoms with Crippen LogP contribution >= 0.6 is 0 Å². The molecule has 36 heavy (non-hydrogen) atoms. The molecule has 1 saturated heterocycles. The minimum absolute atomic E-state index is 0.0512. The zero-order valence-corrected chi connectivity index (χ0v) is 19.5. The van der Waals surface area contributed by atoms with Gasteiger partial charge in [-0.3, -0.25) is 9.59 Å². The molecule has 0 saturated carbocycles. The van der Waals surface area contributed by atoms with Crippen molar-refractivity contribution in [2.45, 2.75) is 57.4 Å². The minimum Gasteiger partial charge on any atom is -0.508 e. The number of rotatable bonds is 6. The number of aliphatic hydroxyl groups is 2. The van der Waals surface area contributed by atoms with Gasteiger partial charge in [0.25, 0.3) is 0 Å². The molecule has 0 radical (unpaired) electrons. The van der Waals surface area contributed by atoms with Crippen LogP contribution in [0.25, 0.3) is 22.3 Å². The first-order valence-corrected chi connectivity index (χ1v) is 11.3. The highest BCUT2D eigenvalue weighted by atomic mass is 16.7. The molecule has 1 unspecified atom stereocenters. The third-order valence-corrected chi connectivity index (χ3v) is 5.80. The van der Waals surface area contributed by atoms with Gasteiger partial charge in [-0.2, -0.15) is 0 Å². The zero-order chi connectivity index (χ0) is 26.1. The number of aliphatic hydroxyl groups excluding tert-OH is 2. The SMILES string of the molecule is CCC[C@@H]1OC(Oc2c(-c3ccc(O)cc3)oc3cc(O)cc(O)c3c2=O)[C@H](OC(C)=O)[C@H](O)[C@H]1O. The number of phenols is 3. The number of fused-ring (bicyclic) bond motifs is 1. The topological polar surface area (TPSA) is 176 Å². The van der Waals surface area contributed by atoms with Gasteiger partial charge in [0.05, 0.1) is 6.10 Å². The van der Waals surface area contributed by atoms with Gasteiger partial charge in [-0.15, -0.1) is 0 Å². The average Bonchev–Trinajstić information content (AvgIpc) is 2.81. The minimum atomic E-state index is -1.58. The Hall–Kier alpha value is -3.80. The van der Waals surface area contributed by atoms with Crippen molar-refractivity contribution in [1.29, 1.82) is 0 Å². The lowest BCUT2D eigenvalue weighted by atomic mass is 9.96. The Kier molecular flexibility index (Phi) is 7.07. The van der Waals surface area contributed by atoms with Crippen LogP contribution in [0.5, 0.6) is 23.0 Å². The molecule has 5 atom stereocenters. The maximum atomic E-state index is 13.5. The van der Waals surface area contributed by atoms with Crippen LogP contribution in [0, 0.1) is 0 Å². The van der Waals surface area contributed by atoms with E-state index in [1.54, 1.807) is 0 Å². The number of esters is 1. The van der Waals surface area contributed by atoms with E-state index in [1.165, 1.54) is 24.3 Å². The van der Waals surface area contributed by atoms with Gasteiger partial charge < -0.3 is 44.2 Å². The van der Waals surface area contributed by atoms with Crippen LogP contribution in [-0.4, -0.2) is 62.2 Å². The monoisotopic (exact) mass is 502 g/mol. The maximum absolute atomic E-state index is 13.5. The number of hydrogen-bond acceptors (Lipinski definition) is 11. The van der Waals surface area contributed by atoms with Gasteiger partial charge in [0, 0.05) is 24.6 Å². The largest absolute Gasteiger partial charge is 0.508 e. The molecule has 3 aromatic rings. The van der Waals surface area contributed by atoms with E-state index in [-0.39, 0.29) is 33.8 Å². The Bertz CT molecular complexity index is 1310. The molecule has 5 N–H and O–H groups in total. The molecule has 1 aromatic heterocycles. The molecule has 11 nitrogen and oxygen atoms in total. The molecule has 192 valence electrons. The normalized spacial score (nSPS) is 23.9. The second-order valence-corrected chi connectivity index (χ2v) is 8.48. The molecule has 0 bridgehead atoms. The Morgan fingerprint density at radius 2 is 1.72 bits per heavy atom. The first kappa shape index (κ1) is 25.3. The number of benzene rings is 2. The summed E-state index contributed by atoms with van der Waals surface area (Å²) in [5, 5.41) is 50.7. The first-order chi connectivity index (χ1) is 17.1. The van der Waals surface area contributed by atoms with E-state index in [4.69, 9.17) is 18.6 Å². The summed E-state index contributed by atoms with van der Waals surface area (Å²) in [6.45, 7) is 2.95. The highest BCUT2D eigenvalue weighted by Gasteiger charge is 2.48. The fourth-order valence-electron chi connectivity index (χ4n) is 4.13. The Morgan fingerprint density at radius 1 is 1.03 bits per heavy atom. The molecule has 0 aliphatic carbocycles. The zero-order valence-electron chi connectivity index (χ0n) is 19.5. The molecule has 0 amide bonds. The number of hydrogen-bond donors (Lipinski definition) is 5. The molecule has 11 heteroatoms. The summed E-state index contributed by atoms with van der Waals surface area (Å²) in [6, 6.07) is 7.68. The van der Waals surface area contributed by atoms with Gasteiger partial charge in [0.2, 0.25) is 17.5 Å². The van der Waals surface area contributed by atoms with E-state index in [1.807, 2.05) is 6.92 Å². The molecule has 1 fully saturated rings. The standard InChI is InChI=1S/C25H26O11/c1-3-4-16-19(30)21(32)24(33-11(2)26)25(35-16)36-23-20(31)18-15(29)9-14(28)10-17(18)34-22(23)12-5-7-13(27)8-6-12/h5-10,16,19,21,24-25,27-30,32H,3-4H2,1-2H3/t16-,19-,21+,24+,25?/m0/s1. The summed E-state index contributed by atoms with van der Waals surface area (Å²) in [5.74, 6) is -2.34. The number of carbonyl (C=O) groups is 1. The molecule has 1 aliphatic heterocycles. The third kappa shape index (κ3) is 4.81. The number of aromatic hydroxyl groups is 3. The number of phenolic OH excluding ortho intramolecular Hbond substituents is 3. The van der Waals surface area contributed by atoms with Crippen LogP contribution in [0.3, 0.4) is 0 Å². The van der Waals surface area contributed by atoms with E-state index in [0.717, 1.165) is 19.1 Å². The molecular weight excluding hydrogens is 476 g/mol. The van der Waals surface area contributed by atoms with E-state index in [9.17, 15) is 35.1 Å². The predicted molar refractivity (Wildman–Crippen MR) is 125 cm³/mol. The van der Waals surface area contributed by atoms with Gasteiger partial charge >= 0.3 is 5.97 Å². The van der Waals surface area contributed by atoms with Gasteiger partial charge in [-0.1, -0.05) is 13.3 Å². The smallest absolute Gasteiger partial charge is 0.303 e. The third-order valence-electron chi connectivity index (χ3n) is 5.80. The van der Waals surface area contributed by atoms with Crippen LogP contribution in [-0.2, 0) is 14.3 Å². The van der Waals surface area contributed by atoms with Crippen molar-refractivity contribution in [1.82, 2.24) is 0 Å². The van der Waals surface area contributed by atoms with Gasteiger partial charge in [0.15, 0.2) is 11.9 Å². The van der Waals surface area contributed by atoms with Crippen LogP contribution in [0.4, 0.5) is 0 Å². The predicted octanol–water partition coefficient (Wildman–Crippen LogP) is 2.13. The molecular formula is C25H26O11. The Labute approximate surface area is 204 Å². The fourth-order valence-corrected chi connectivity index (χ4v) is 4.13. The van der Waals surface area contributed by atoms with E-state index in [0.29, 0.717) is 12.8 Å². The van der Waals surface area contributed by atoms with Crippen molar-refractivity contribution in [3.8, 4) is 34.3 Å². The van der Waals surface area contributed by atoms with Crippen LogP contribution in [0.1, 0.15) is 26.7 Å². The van der Waals surface area contributed by atoms with Crippen molar-refractivity contribution in [2.24, 2.45) is 0 Å². The second-order valence-electron chi connectivity index (χ2n) is 8.48. The first-order valence-electron chi connectivity index (χ1n) is 11.3. The van der Waals surface area contributed by atoms with Crippen molar-refractivity contribution < 1.29 is 49.0 Å². The number of carbonyl (C=O) groups excluding carboxylic acids is 1. The summed E-state index contributed by atoms with van der Waals surface area (Å²) < 4.78 is 22.7. The van der Waals surface area contributed by atoms with Crippen molar-refractivity contribution in [2.75, 3.05) is 0 Å². The lowest BCUT2D eigenvalue weighted by Gasteiger charge is -2.41. The van der Waals surface area contributed by atoms with E-state index in [2.05, 4.69) is 0 Å². The molecule has 2 aromatic carbocycles. The second kappa shape index (κ2) is 10.1. The highest BCUT2D eigenvalue weighted by molar-refractivity contribution is 5.88. The highest BCUT2D eigenvalue weighted by Crippen LogP contribution is 2.38. The molecule has 1 aliphatic rings. The van der Waals surface area contributed by atoms with Gasteiger partial charge in [-0.05, 0) is 30.7 Å². The van der Waals surface area contributed by atoms with Crippen LogP contribution in [0.15, 0.2) is 45.6 Å². The van der Waals surface area contributed by atoms with Crippen molar-refractivity contribution in [3.05, 3.63) is 46.6 Å². The lowest BCUT2D eigenvalue weighted by molar-refractivity contribution is -0.278. The van der Waals surface area contributed by atoms with E-state index >= 15 is 0 Å². The summed E-state index contributed by atoms with van der Waals surface area (Å²) in [4.78, 5) is 25.2. The van der Waals surface area contributed by atoms with Crippen LogP contribution < -0.4 is 10.2 Å². The summed E-state index contributed by atoms with van der Waals surface area (Å²) in [7, 11) is 0.